The largest absolute Gasteiger partial charge is 0.353 e. The fourth-order valence-corrected chi connectivity index (χ4v) is 3.88. The van der Waals surface area contributed by atoms with Crippen LogP contribution in [0.15, 0.2) is 18.5 Å². The van der Waals surface area contributed by atoms with Crippen LogP contribution in [-0.4, -0.2) is 41.5 Å². The Kier molecular flexibility index (Phi) is 4.87. The topological polar surface area (TPSA) is 90.0 Å². The second-order valence-corrected chi connectivity index (χ2v) is 7.29. The van der Waals surface area contributed by atoms with E-state index in [2.05, 4.69) is 25.7 Å². The fraction of sp³-hybridized carbons (Fsp3) is 0.526. The Bertz CT molecular complexity index is 952. The van der Waals surface area contributed by atoms with Gasteiger partial charge in [0.05, 0.1) is 5.69 Å². The Hall–Kier alpha value is -2.77. The lowest BCUT2D eigenvalue weighted by molar-refractivity contribution is -0.121. The maximum Gasteiger partial charge on any atom is 0.220 e. The molecule has 1 N–H and O–H groups in total. The van der Waals surface area contributed by atoms with Crippen molar-refractivity contribution >= 4 is 11.6 Å². The first-order valence-electron chi connectivity index (χ1n) is 9.64. The van der Waals surface area contributed by atoms with Gasteiger partial charge < -0.3 is 5.32 Å². The van der Waals surface area contributed by atoms with Crippen LogP contribution in [0, 0.1) is 13.8 Å². The maximum absolute atomic E-state index is 12.3. The molecular formula is C19H25N7O. The molecule has 8 nitrogen and oxygen atoms in total. The van der Waals surface area contributed by atoms with Crippen LogP contribution in [0.3, 0.4) is 0 Å². The lowest BCUT2D eigenvalue weighted by atomic mass is 9.95. The molecule has 1 saturated carbocycles. The summed E-state index contributed by atoms with van der Waals surface area (Å²) in [5, 5.41) is 20.2. The van der Waals surface area contributed by atoms with E-state index in [0.29, 0.717) is 30.3 Å². The number of aromatic nitrogens is 6. The van der Waals surface area contributed by atoms with Crippen LogP contribution in [0.5, 0.6) is 0 Å². The number of nitrogens with zero attached hydrogens (tertiary/aromatic N) is 6. The molecule has 4 rings (SSSR count). The van der Waals surface area contributed by atoms with Gasteiger partial charge in [-0.15, -0.1) is 15.3 Å². The highest BCUT2D eigenvalue weighted by molar-refractivity contribution is 5.76. The molecule has 3 aromatic rings. The molecule has 1 aliphatic carbocycles. The number of rotatable bonds is 5. The van der Waals surface area contributed by atoms with E-state index < -0.39 is 0 Å². The molecule has 3 heterocycles. The monoisotopic (exact) mass is 367 g/mol. The zero-order valence-corrected chi connectivity index (χ0v) is 15.9. The van der Waals surface area contributed by atoms with Gasteiger partial charge in [0.2, 0.25) is 5.91 Å². The molecule has 142 valence electrons. The minimum atomic E-state index is 0.137. The Morgan fingerprint density at radius 1 is 1.19 bits per heavy atom. The van der Waals surface area contributed by atoms with E-state index in [1.807, 2.05) is 30.7 Å². The summed E-state index contributed by atoms with van der Waals surface area (Å²) in [5.41, 5.74) is 3.75. The van der Waals surface area contributed by atoms with Crippen molar-refractivity contribution in [1.82, 2.24) is 34.9 Å². The number of hydrogen-bond donors (Lipinski definition) is 1. The van der Waals surface area contributed by atoms with Gasteiger partial charge in [0.1, 0.15) is 6.33 Å². The third-order valence-corrected chi connectivity index (χ3v) is 5.38. The third-order valence-electron chi connectivity index (χ3n) is 5.38. The van der Waals surface area contributed by atoms with Gasteiger partial charge in [-0.25, -0.2) is 4.68 Å². The Morgan fingerprint density at radius 2 is 2.00 bits per heavy atom. The number of carbonyl (C=O) groups excluding carboxylic acids is 1. The van der Waals surface area contributed by atoms with Crippen molar-refractivity contribution in [2.75, 3.05) is 0 Å². The number of nitrogens with one attached hydrogen (secondary N) is 1. The molecule has 1 aliphatic rings. The summed E-state index contributed by atoms with van der Waals surface area (Å²) in [7, 11) is 0. The summed E-state index contributed by atoms with van der Waals surface area (Å²) in [5.74, 6) is 0.846. The summed E-state index contributed by atoms with van der Waals surface area (Å²) in [4.78, 5) is 12.3. The highest BCUT2D eigenvalue weighted by atomic mass is 16.1. The first-order chi connectivity index (χ1) is 13.1. The Balaban J connectivity index is 1.46. The Labute approximate surface area is 158 Å². The van der Waals surface area contributed by atoms with E-state index in [1.54, 1.807) is 10.8 Å². The standard InChI is InChI=1S/C19H25N7O/c1-13-16(8-11-19(27)21-15-6-4-3-5-7-15)14(2)26(23-13)18-10-9-17-22-20-12-25(17)24-18/h9-10,12,15H,3-8,11H2,1-2H3,(H,21,27). The van der Waals surface area contributed by atoms with Crippen LogP contribution < -0.4 is 5.32 Å². The quantitative estimate of drug-likeness (QED) is 0.747. The molecule has 0 aliphatic heterocycles. The molecule has 8 heteroatoms. The molecule has 0 aromatic carbocycles. The second-order valence-electron chi connectivity index (χ2n) is 7.29. The molecule has 3 aromatic heterocycles. The van der Waals surface area contributed by atoms with Crippen LogP contribution in [0.4, 0.5) is 0 Å². The molecule has 0 spiro atoms. The SMILES string of the molecule is Cc1nn(-c2ccc3nncn3n2)c(C)c1CCC(=O)NC1CCCCC1. The zero-order chi connectivity index (χ0) is 18.8. The van der Waals surface area contributed by atoms with Crippen LogP contribution in [0.1, 0.15) is 55.5 Å². The molecule has 1 amide bonds. The Morgan fingerprint density at radius 3 is 2.81 bits per heavy atom. The summed E-state index contributed by atoms with van der Waals surface area (Å²) in [6.07, 6.45) is 8.70. The van der Waals surface area contributed by atoms with Crippen LogP contribution in [0.2, 0.25) is 0 Å². The summed E-state index contributed by atoms with van der Waals surface area (Å²) in [6, 6.07) is 4.10. The minimum absolute atomic E-state index is 0.137. The van der Waals surface area contributed by atoms with Gasteiger partial charge in [-0.1, -0.05) is 19.3 Å². The van der Waals surface area contributed by atoms with Crippen molar-refractivity contribution in [3.63, 3.8) is 0 Å². The maximum atomic E-state index is 12.3. The highest BCUT2D eigenvalue weighted by Crippen LogP contribution is 2.20. The van der Waals surface area contributed by atoms with Gasteiger partial charge in [0, 0.05) is 18.2 Å². The minimum Gasteiger partial charge on any atom is -0.353 e. The van der Waals surface area contributed by atoms with Crippen LogP contribution in [0.25, 0.3) is 11.5 Å². The number of amides is 1. The van der Waals surface area contributed by atoms with Crippen molar-refractivity contribution < 1.29 is 4.79 Å². The smallest absolute Gasteiger partial charge is 0.220 e. The van der Waals surface area contributed by atoms with Crippen molar-refractivity contribution in [2.24, 2.45) is 0 Å². The van der Waals surface area contributed by atoms with Crippen LogP contribution in [-0.2, 0) is 11.2 Å². The normalized spacial score (nSPS) is 15.3. The fourth-order valence-electron chi connectivity index (χ4n) is 3.88. The number of aryl methyl sites for hydroxylation is 1. The third kappa shape index (κ3) is 3.70. The molecule has 27 heavy (non-hydrogen) atoms. The van der Waals surface area contributed by atoms with E-state index in [9.17, 15) is 4.79 Å². The van der Waals surface area contributed by atoms with Crippen LogP contribution >= 0.6 is 0 Å². The number of fused-ring (bicyclic) bond motifs is 1. The van der Waals surface area contributed by atoms with Gasteiger partial charge in [0.15, 0.2) is 11.5 Å². The van der Waals surface area contributed by atoms with Gasteiger partial charge in [0.25, 0.3) is 0 Å². The molecular weight excluding hydrogens is 342 g/mol. The molecule has 0 unspecified atom stereocenters. The van der Waals surface area contributed by atoms with Crippen molar-refractivity contribution in [1.29, 1.82) is 0 Å². The van der Waals surface area contributed by atoms with Crippen molar-refractivity contribution in [3.05, 3.63) is 35.4 Å². The second kappa shape index (κ2) is 7.46. The zero-order valence-electron chi connectivity index (χ0n) is 15.9. The first kappa shape index (κ1) is 17.6. The summed E-state index contributed by atoms with van der Waals surface area (Å²) < 4.78 is 3.45. The molecule has 0 bridgehead atoms. The number of hydrogen-bond acceptors (Lipinski definition) is 5. The lowest BCUT2D eigenvalue weighted by Gasteiger charge is -2.22. The van der Waals surface area contributed by atoms with E-state index in [-0.39, 0.29) is 5.91 Å². The van der Waals surface area contributed by atoms with Gasteiger partial charge >= 0.3 is 0 Å². The summed E-state index contributed by atoms with van der Waals surface area (Å²) in [6.45, 7) is 4.00. The molecule has 0 saturated heterocycles. The van der Waals surface area contributed by atoms with E-state index in [4.69, 9.17) is 0 Å². The molecule has 0 radical (unpaired) electrons. The van der Waals surface area contributed by atoms with Gasteiger partial charge in [-0.05, 0) is 50.8 Å². The molecule has 1 fully saturated rings. The lowest BCUT2D eigenvalue weighted by Crippen LogP contribution is -2.36. The highest BCUT2D eigenvalue weighted by Gasteiger charge is 2.18. The van der Waals surface area contributed by atoms with Crippen molar-refractivity contribution in [3.8, 4) is 5.82 Å². The molecule has 0 atom stereocenters. The number of carbonyl (C=O) groups is 1. The van der Waals surface area contributed by atoms with E-state index >= 15 is 0 Å². The van der Waals surface area contributed by atoms with Gasteiger partial charge in [-0.3, -0.25) is 4.79 Å². The van der Waals surface area contributed by atoms with Gasteiger partial charge in [-0.2, -0.15) is 9.61 Å². The van der Waals surface area contributed by atoms with E-state index in [0.717, 1.165) is 29.8 Å². The first-order valence-corrected chi connectivity index (χ1v) is 9.64. The predicted octanol–water partition coefficient (Wildman–Crippen LogP) is 2.31. The summed E-state index contributed by atoms with van der Waals surface area (Å²) >= 11 is 0. The average Bonchev–Trinajstić information content (AvgIpc) is 3.24. The van der Waals surface area contributed by atoms with E-state index in [1.165, 1.54) is 19.3 Å². The average molecular weight is 367 g/mol. The predicted molar refractivity (Wildman–Crippen MR) is 101 cm³/mol. The van der Waals surface area contributed by atoms with Crippen molar-refractivity contribution in [2.45, 2.75) is 64.8 Å².